The van der Waals surface area contributed by atoms with Gasteiger partial charge in [-0.2, -0.15) is 9.97 Å². The van der Waals surface area contributed by atoms with Gasteiger partial charge < -0.3 is 25.6 Å². The Hall–Kier alpha value is -2.01. The molecule has 3 heterocycles. The number of amides is 1. The third-order valence-corrected chi connectivity index (χ3v) is 5.28. The third kappa shape index (κ3) is 3.22. The molecule has 0 radical (unpaired) electrons. The first-order chi connectivity index (χ1) is 13.0. The van der Waals surface area contributed by atoms with E-state index in [2.05, 4.69) is 25.6 Å². The van der Waals surface area contributed by atoms with Crippen LogP contribution in [0.3, 0.4) is 0 Å². The number of rotatable bonds is 4. The minimum Gasteiger partial charge on any atom is -0.387 e. The molecule has 1 saturated carbocycles. The van der Waals surface area contributed by atoms with Gasteiger partial charge in [-0.25, -0.2) is 4.98 Å². The first-order valence-electron chi connectivity index (χ1n) is 8.89. The molecule has 4 rings (SSSR count). The first kappa shape index (κ1) is 18.4. The molecular weight excluding hydrogens is 376 g/mol. The summed E-state index contributed by atoms with van der Waals surface area (Å²) >= 11 is 6.09. The molecule has 2 aromatic heterocycles. The van der Waals surface area contributed by atoms with Crippen molar-refractivity contribution < 1.29 is 19.7 Å². The molecule has 0 bridgehead atoms. The number of aliphatic hydroxyl groups excluding tert-OH is 2. The second-order valence-electron chi connectivity index (χ2n) is 6.83. The Balaban J connectivity index is 1.68. The summed E-state index contributed by atoms with van der Waals surface area (Å²) in [5.74, 6) is -0.00347. The minimum absolute atomic E-state index is 0.0284. The zero-order chi connectivity index (χ0) is 19.1. The van der Waals surface area contributed by atoms with Gasteiger partial charge in [-0.3, -0.25) is 9.36 Å². The van der Waals surface area contributed by atoms with Crippen LogP contribution in [0.1, 0.15) is 31.9 Å². The molecule has 146 valence electrons. The molecule has 1 aliphatic carbocycles. The van der Waals surface area contributed by atoms with E-state index in [-0.39, 0.29) is 5.28 Å². The van der Waals surface area contributed by atoms with E-state index in [1.807, 2.05) is 0 Å². The van der Waals surface area contributed by atoms with Gasteiger partial charge in [0.05, 0.1) is 6.33 Å². The van der Waals surface area contributed by atoms with Gasteiger partial charge >= 0.3 is 0 Å². The van der Waals surface area contributed by atoms with Gasteiger partial charge in [0, 0.05) is 13.1 Å². The Morgan fingerprint density at radius 3 is 2.74 bits per heavy atom. The lowest BCUT2D eigenvalue weighted by molar-refractivity contribution is -0.137. The molecule has 0 aromatic carbocycles. The number of halogens is 1. The number of ether oxygens (including phenoxy) is 1. The summed E-state index contributed by atoms with van der Waals surface area (Å²) in [4.78, 5) is 24.7. The molecule has 4 atom stereocenters. The van der Waals surface area contributed by atoms with E-state index in [0.29, 0.717) is 23.0 Å². The number of nitrogens with one attached hydrogen (secondary N) is 2. The zero-order valence-electron chi connectivity index (χ0n) is 14.7. The van der Waals surface area contributed by atoms with Gasteiger partial charge in [-0.1, -0.05) is 12.8 Å². The Morgan fingerprint density at radius 2 is 2.04 bits per heavy atom. The van der Waals surface area contributed by atoms with Crippen molar-refractivity contribution >= 4 is 34.5 Å². The van der Waals surface area contributed by atoms with Gasteiger partial charge in [0.25, 0.3) is 5.91 Å². The van der Waals surface area contributed by atoms with Crippen LogP contribution in [0, 0.1) is 0 Å². The molecule has 1 saturated heterocycles. The summed E-state index contributed by atoms with van der Waals surface area (Å²) in [6, 6.07) is 0.303. The molecule has 2 fully saturated rings. The summed E-state index contributed by atoms with van der Waals surface area (Å²) < 4.78 is 7.05. The maximum Gasteiger partial charge on any atom is 0.251 e. The average Bonchev–Trinajstić information content (AvgIpc) is 3.36. The highest BCUT2D eigenvalue weighted by Crippen LogP contribution is 2.33. The van der Waals surface area contributed by atoms with Crippen LogP contribution < -0.4 is 10.6 Å². The topological polar surface area (TPSA) is 134 Å². The number of imidazole rings is 1. The number of aliphatic hydroxyl groups is 2. The van der Waals surface area contributed by atoms with E-state index < -0.39 is 30.4 Å². The normalized spacial score (nSPS) is 28.7. The van der Waals surface area contributed by atoms with Crippen molar-refractivity contribution in [2.24, 2.45) is 0 Å². The van der Waals surface area contributed by atoms with Gasteiger partial charge in [0.15, 0.2) is 29.3 Å². The van der Waals surface area contributed by atoms with Crippen molar-refractivity contribution in [2.45, 2.75) is 56.3 Å². The predicted octanol–water partition coefficient (Wildman–Crippen LogP) is 0.199. The highest BCUT2D eigenvalue weighted by molar-refractivity contribution is 6.28. The third-order valence-electron chi connectivity index (χ3n) is 5.11. The Bertz CT molecular complexity index is 855. The largest absolute Gasteiger partial charge is 0.387 e. The molecule has 1 amide bonds. The van der Waals surface area contributed by atoms with Crippen LogP contribution in [0.5, 0.6) is 0 Å². The Morgan fingerprint density at radius 1 is 1.30 bits per heavy atom. The summed E-state index contributed by atoms with van der Waals surface area (Å²) in [7, 11) is 1.43. The van der Waals surface area contributed by atoms with Gasteiger partial charge in [0.2, 0.25) is 5.28 Å². The van der Waals surface area contributed by atoms with Gasteiger partial charge in [-0.15, -0.1) is 0 Å². The fourth-order valence-electron chi connectivity index (χ4n) is 3.69. The number of hydrogen-bond acceptors (Lipinski definition) is 8. The lowest BCUT2D eigenvalue weighted by Crippen LogP contribution is -2.41. The highest BCUT2D eigenvalue weighted by atomic mass is 35.5. The van der Waals surface area contributed by atoms with Crippen molar-refractivity contribution in [1.29, 1.82) is 0 Å². The Kier molecular flexibility index (Phi) is 4.89. The van der Waals surface area contributed by atoms with Crippen LogP contribution in [0.15, 0.2) is 6.33 Å². The number of hydrogen-bond donors (Lipinski definition) is 4. The maximum absolute atomic E-state index is 11.9. The number of likely N-dealkylation sites (N-methyl/N-ethyl adjacent to an activating group) is 1. The standard InChI is InChI=1S/C16H21ClN6O4/c1-18-14(26)11-9(24)10(25)15(27-11)23-6-19-8-12(20-7-4-2-3-5-7)21-16(17)22-13(8)23/h6-7,9-11,15,24-25H,2-5H2,1H3,(H,18,26)(H,20,21,22). The van der Waals surface area contributed by atoms with E-state index in [1.54, 1.807) is 0 Å². The zero-order valence-corrected chi connectivity index (χ0v) is 15.4. The maximum atomic E-state index is 11.9. The first-order valence-corrected chi connectivity index (χ1v) is 9.27. The fraction of sp³-hybridized carbons (Fsp3) is 0.625. The predicted molar refractivity (Wildman–Crippen MR) is 96.2 cm³/mol. The van der Waals surface area contributed by atoms with Gasteiger partial charge in [0.1, 0.15) is 12.2 Å². The summed E-state index contributed by atoms with van der Waals surface area (Å²) in [6.45, 7) is 0. The fourth-order valence-corrected chi connectivity index (χ4v) is 3.85. The van der Waals surface area contributed by atoms with E-state index in [0.717, 1.165) is 25.7 Å². The van der Waals surface area contributed by atoms with Crippen LogP contribution in [-0.2, 0) is 9.53 Å². The average molecular weight is 397 g/mol. The molecule has 11 heteroatoms. The number of aromatic nitrogens is 4. The van der Waals surface area contributed by atoms with Gasteiger partial charge in [-0.05, 0) is 24.4 Å². The molecule has 4 N–H and O–H groups in total. The van der Waals surface area contributed by atoms with Crippen LogP contribution in [-0.4, -0.2) is 67.0 Å². The van der Waals surface area contributed by atoms with E-state index >= 15 is 0 Å². The van der Waals surface area contributed by atoms with Crippen molar-refractivity contribution in [3.05, 3.63) is 11.6 Å². The molecule has 2 aliphatic rings. The molecular formula is C16H21ClN6O4. The van der Waals surface area contributed by atoms with Crippen LogP contribution in [0.25, 0.3) is 11.2 Å². The smallest absolute Gasteiger partial charge is 0.251 e. The van der Waals surface area contributed by atoms with Crippen LogP contribution in [0.4, 0.5) is 5.82 Å². The monoisotopic (exact) mass is 396 g/mol. The minimum atomic E-state index is -1.37. The molecule has 4 unspecified atom stereocenters. The Labute approximate surface area is 159 Å². The van der Waals surface area contributed by atoms with Crippen LogP contribution in [0.2, 0.25) is 5.28 Å². The number of nitrogens with zero attached hydrogens (tertiary/aromatic N) is 4. The lowest BCUT2D eigenvalue weighted by atomic mass is 10.1. The van der Waals surface area contributed by atoms with E-state index in [4.69, 9.17) is 16.3 Å². The molecule has 1 aliphatic heterocycles. The number of carbonyl (C=O) groups excluding carboxylic acids is 1. The quantitative estimate of drug-likeness (QED) is 0.538. The second-order valence-corrected chi connectivity index (χ2v) is 7.17. The van der Waals surface area contributed by atoms with Crippen molar-refractivity contribution in [1.82, 2.24) is 24.8 Å². The number of anilines is 1. The van der Waals surface area contributed by atoms with Crippen molar-refractivity contribution in [2.75, 3.05) is 12.4 Å². The van der Waals surface area contributed by atoms with E-state index in [9.17, 15) is 15.0 Å². The lowest BCUT2D eigenvalue weighted by Gasteiger charge is -2.17. The SMILES string of the molecule is CNC(=O)C1OC(n2cnc3c(NC4CCCC4)nc(Cl)nc32)C(O)C1O. The molecule has 27 heavy (non-hydrogen) atoms. The molecule has 10 nitrogen and oxygen atoms in total. The summed E-state index contributed by atoms with van der Waals surface area (Å²) in [6.07, 6.45) is 0.929. The van der Waals surface area contributed by atoms with Crippen molar-refractivity contribution in [3.63, 3.8) is 0 Å². The van der Waals surface area contributed by atoms with E-state index in [1.165, 1.54) is 17.9 Å². The van der Waals surface area contributed by atoms with Crippen LogP contribution >= 0.6 is 11.6 Å². The second kappa shape index (κ2) is 7.19. The summed E-state index contributed by atoms with van der Waals surface area (Å²) in [5, 5.41) is 26.3. The molecule has 0 spiro atoms. The highest BCUT2D eigenvalue weighted by Gasteiger charge is 2.47. The molecule has 2 aromatic rings. The number of carbonyl (C=O) groups is 1. The number of fused-ring (bicyclic) bond motifs is 1. The summed E-state index contributed by atoms with van der Waals surface area (Å²) in [5.41, 5.74) is 0.837. The van der Waals surface area contributed by atoms with Crippen molar-refractivity contribution in [3.8, 4) is 0 Å².